The third-order valence-electron chi connectivity index (χ3n) is 3.92. The van der Waals surface area contributed by atoms with Gasteiger partial charge >= 0.3 is 0 Å². The highest BCUT2D eigenvalue weighted by molar-refractivity contribution is 5.90. The van der Waals surface area contributed by atoms with Crippen LogP contribution in [0.2, 0.25) is 0 Å². The van der Waals surface area contributed by atoms with Crippen LogP contribution in [-0.4, -0.2) is 23.0 Å². The zero-order valence-corrected chi connectivity index (χ0v) is 9.62. The van der Waals surface area contributed by atoms with E-state index in [1.54, 1.807) is 0 Å². The van der Waals surface area contributed by atoms with Crippen LogP contribution in [0.15, 0.2) is 4.99 Å². The molecule has 4 atom stereocenters. The molecule has 0 aromatic carbocycles. The molecule has 2 aliphatic rings. The fourth-order valence-electron chi connectivity index (χ4n) is 3.06. The summed E-state index contributed by atoms with van der Waals surface area (Å²) in [5, 5.41) is 10.1. The van der Waals surface area contributed by atoms with Crippen LogP contribution in [0.25, 0.3) is 0 Å². The Kier molecular flexibility index (Phi) is 2.22. The lowest BCUT2D eigenvalue weighted by atomic mass is 9.67. The smallest absolute Gasteiger partial charge is 0.0629 e. The molecular formula is C12H21NO. The first-order chi connectivity index (χ1) is 6.41. The zero-order valence-electron chi connectivity index (χ0n) is 9.62. The average molecular weight is 195 g/mol. The highest BCUT2D eigenvalue weighted by Gasteiger charge is 2.45. The Balaban J connectivity index is 2.25. The molecule has 1 N–H and O–H groups in total. The van der Waals surface area contributed by atoms with Crippen molar-refractivity contribution < 1.29 is 5.11 Å². The van der Waals surface area contributed by atoms with Gasteiger partial charge in [-0.25, -0.2) is 0 Å². The average Bonchev–Trinajstić information content (AvgIpc) is 2.24. The summed E-state index contributed by atoms with van der Waals surface area (Å²) in [5.74, 6) is 0.870. The second-order valence-electron chi connectivity index (χ2n) is 5.86. The van der Waals surface area contributed by atoms with Crippen molar-refractivity contribution in [3.63, 3.8) is 0 Å². The number of aliphatic imine (C=N–C) groups is 1. The largest absolute Gasteiger partial charge is 0.392 e. The maximum atomic E-state index is 10.1. The highest BCUT2D eigenvalue weighted by Crippen LogP contribution is 2.43. The van der Waals surface area contributed by atoms with Crippen LogP contribution in [0.5, 0.6) is 0 Å². The van der Waals surface area contributed by atoms with Gasteiger partial charge < -0.3 is 5.11 Å². The lowest BCUT2D eigenvalue weighted by Crippen LogP contribution is -2.41. The van der Waals surface area contributed by atoms with E-state index in [0.717, 1.165) is 12.8 Å². The molecule has 1 fully saturated rings. The monoisotopic (exact) mass is 195 g/mol. The molecule has 0 saturated heterocycles. The number of rotatable bonds is 0. The zero-order chi connectivity index (χ0) is 10.5. The van der Waals surface area contributed by atoms with Gasteiger partial charge in [0, 0.05) is 11.6 Å². The Hall–Kier alpha value is -0.370. The van der Waals surface area contributed by atoms with E-state index in [-0.39, 0.29) is 11.5 Å². The number of hydrogen-bond donors (Lipinski definition) is 1. The van der Waals surface area contributed by atoms with Gasteiger partial charge in [0.2, 0.25) is 0 Å². The quantitative estimate of drug-likeness (QED) is 0.632. The van der Waals surface area contributed by atoms with E-state index in [1.165, 1.54) is 5.71 Å². The van der Waals surface area contributed by atoms with Gasteiger partial charge in [0.05, 0.1) is 12.1 Å². The summed E-state index contributed by atoms with van der Waals surface area (Å²) in [6.45, 7) is 8.83. The molecule has 4 unspecified atom stereocenters. The van der Waals surface area contributed by atoms with E-state index in [2.05, 4.69) is 27.7 Å². The van der Waals surface area contributed by atoms with Gasteiger partial charge in [-0.2, -0.15) is 0 Å². The summed E-state index contributed by atoms with van der Waals surface area (Å²) in [5.41, 5.74) is 1.51. The molecule has 1 saturated carbocycles. The lowest BCUT2D eigenvalue weighted by Gasteiger charge is -2.38. The molecule has 14 heavy (non-hydrogen) atoms. The van der Waals surface area contributed by atoms with Crippen molar-refractivity contribution in [2.75, 3.05) is 0 Å². The normalized spacial score (nSPS) is 45.9. The summed E-state index contributed by atoms with van der Waals surface area (Å²) in [7, 11) is 0. The SMILES string of the molecule is CC1N=C2CC(C)(C)CC(O)C2C1C. The minimum absolute atomic E-state index is 0.169. The van der Waals surface area contributed by atoms with Crippen molar-refractivity contribution in [1.82, 2.24) is 0 Å². The van der Waals surface area contributed by atoms with E-state index in [1.807, 2.05) is 0 Å². The number of aliphatic hydroxyl groups excluding tert-OH is 1. The first-order valence-electron chi connectivity index (χ1n) is 5.65. The molecule has 0 radical (unpaired) electrons. The van der Waals surface area contributed by atoms with Gasteiger partial charge in [-0.05, 0) is 31.1 Å². The fraction of sp³-hybridized carbons (Fsp3) is 0.917. The van der Waals surface area contributed by atoms with Gasteiger partial charge in [0.1, 0.15) is 0 Å². The third-order valence-corrected chi connectivity index (χ3v) is 3.92. The van der Waals surface area contributed by atoms with E-state index in [9.17, 15) is 5.11 Å². The molecule has 2 rings (SSSR count). The lowest BCUT2D eigenvalue weighted by molar-refractivity contribution is 0.0538. The molecule has 2 heteroatoms. The number of fused-ring (bicyclic) bond motifs is 1. The van der Waals surface area contributed by atoms with Crippen molar-refractivity contribution >= 4 is 5.71 Å². The summed E-state index contributed by atoms with van der Waals surface area (Å²) >= 11 is 0. The van der Waals surface area contributed by atoms with Crippen LogP contribution in [-0.2, 0) is 0 Å². The maximum absolute atomic E-state index is 10.1. The van der Waals surface area contributed by atoms with Crippen LogP contribution in [0, 0.1) is 17.3 Å². The van der Waals surface area contributed by atoms with E-state index in [4.69, 9.17) is 4.99 Å². The molecule has 0 aromatic heterocycles. The Morgan fingerprint density at radius 1 is 1.36 bits per heavy atom. The molecule has 0 aromatic rings. The minimum Gasteiger partial charge on any atom is -0.392 e. The van der Waals surface area contributed by atoms with Crippen LogP contribution >= 0.6 is 0 Å². The van der Waals surface area contributed by atoms with Crippen molar-refractivity contribution in [2.45, 2.75) is 52.7 Å². The Labute approximate surface area is 86.4 Å². The predicted molar refractivity (Wildman–Crippen MR) is 58.6 cm³/mol. The second kappa shape index (κ2) is 3.06. The van der Waals surface area contributed by atoms with E-state index in [0.29, 0.717) is 17.9 Å². The molecular weight excluding hydrogens is 174 g/mol. The number of hydrogen-bond acceptors (Lipinski definition) is 2. The molecule has 1 aliphatic carbocycles. The molecule has 1 heterocycles. The molecule has 2 nitrogen and oxygen atoms in total. The van der Waals surface area contributed by atoms with E-state index < -0.39 is 0 Å². The van der Waals surface area contributed by atoms with E-state index >= 15 is 0 Å². The summed E-state index contributed by atoms with van der Waals surface area (Å²) in [6.07, 6.45) is 1.83. The van der Waals surface area contributed by atoms with Gasteiger partial charge in [-0.3, -0.25) is 4.99 Å². The standard InChI is InChI=1S/C12H21NO/c1-7-8(2)13-9-5-12(3,4)6-10(14)11(7)9/h7-8,10-11,14H,5-6H2,1-4H3. The number of nitrogens with zero attached hydrogens (tertiary/aromatic N) is 1. The second-order valence-corrected chi connectivity index (χ2v) is 5.86. The van der Waals surface area contributed by atoms with Crippen molar-refractivity contribution in [1.29, 1.82) is 0 Å². The Morgan fingerprint density at radius 2 is 2.00 bits per heavy atom. The third kappa shape index (κ3) is 1.50. The molecule has 0 spiro atoms. The van der Waals surface area contributed by atoms with Crippen molar-refractivity contribution in [3.05, 3.63) is 0 Å². The summed E-state index contributed by atoms with van der Waals surface area (Å²) < 4.78 is 0. The highest BCUT2D eigenvalue weighted by atomic mass is 16.3. The Morgan fingerprint density at radius 3 is 2.64 bits per heavy atom. The molecule has 0 bridgehead atoms. The Bertz CT molecular complexity index is 269. The van der Waals surface area contributed by atoms with Gasteiger partial charge in [0.15, 0.2) is 0 Å². The van der Waals surface area contributed by atoms with Crippen molar-refractivity contribution in [2.24, 2.45) is 22.2 Å². The molecule has 0 amide bonds. The summed E-state index contributed by atoms with van der Waals surface area (Å²) in [4.78, 5) is 4.69. The van der Waals surface area contributed by atoms with Gasteiger partial charge in [-0.15, -0.1) is 0 Å². The van der Waals surface area contributed by atoms with Gasteiger partial charge in [-0.1, -0.05) is 20.8 Å². The topological polar surface area (TPSA) is 32.6 Å². The summed E-state index contributed by atoms with van der Waals surface area (Å²) in [6, 6.07) is 0.401. The number of aliphatic hydroxyl groups is 1. The van der Waals surface area contributed by atoms with Crippen LogP contribution in [0.1, 0.15) is 40.5 Å². The minimum atomic E-state index is -0.169. The molecule has 80 valence electrons. The van der Waals surface area contributed by atoms with Crippen LogP contribution in [0.3, 0.4) is 0 Å². The maximum Gasteiger partial charge on any atom is 0.0629 e. The first-order valence-corrected chi connectivity index (χ1v) is 5.65. The van der Waals surface area contributed by atoms with Crippen molar-refractivity contribution in [3.8, 4) is 0 Å². The van der Waals surface area contributed by atoms with Gasteiger partial charge in [0.25, 0.3) is 0 Å². The van der Waals surface area contributed by atoms with Crippen LogP contribution in [0.4, 0.5) is 0 Å². The fourth-order valence-corrected chi connectivity index (χ4v) is 3.06. The molecule has 1 aliphatic heterocycles. The first kappa shape index (κ1) is 10.2. The predicted octanol–water partition coefficient (Wildman–Crippen LogP) is 2.26. The van der Waals surface area contributed by atoms with Crippen LogP contribution < -0.4 is 0 Å².